The van der Waals surface area contributed by atoms with Crippen LogP contribution in [-0.2, 0) is 19.1 Å². The van der Waals surface area contributed by atoms with Crippen LogP contribution >= 0.6 is 0 Å². The molecule has 7 N–H and O–H groups in total. The van der Waals surface area contributed by atoms with Gasteiger partial charge in [0.15, 0.2) is 0 Å². The summed E-state index contributed by atoms with van der Waals surface area (Å²) in [6, 6.07) is 0. The number of rotatable bonds is 41. The molecule has 0 heterocycles. The molecule has 12 heteroatoms. The molecule has 0 aliphatic carbocycles. The van der Waals surface area contributed by atoms with Crippen molar-refractivity contribution in [2.75, 3.05) is 19.7 Å². The van der Waals surface area contributed by atoms with Gasteiger partial charge in [-0.1, -0.05) is 156 Å². The lowest BCUT2D eigenvalue weighted by Crippen LogP contribution is -2.65. The SMILES string of the molecule is CCCCCCCCCCCOC(=O)C(O)(O)CCCCN(CCCCCCCC(=O)OC(CCCCCCCC)CCCCCCCC)C(O)(O)C(O)(O)O. The van der Waals surface area contributed by atoms with Gasteiger partial charge in [0.25, 0.3) is 5.79 Å². The number of hydrogen-bond donors (Lipinski definition) is 7. The predicted molar refractivity (Wildman–Crippen MR) is 221 cm³/mol. The van der Waals surface area contributed by atoms with Gasteiger partial charge < -0.3 is 45.2 Å². The van der Waals surface area contributed by atoms with Gasteiger partial charge in [-0.05, 0) is 57.8 Å². The summed E-state index contributed by atoms with van der Waals surface area (Å²) < 4.78 is 11.0. The smallest absolute Gasteiger partial charge is 0.366 e. The van der Waals surface area contributed by atoms with Crippen LogP contribution in [0.3, 0.4) is 0 Å². The largest absolute Gasteiger partial charge is 0.462 e. The van der Waals surface area contributed by atoms with Gasteiger partial charge in [-0.15, -0.1) is 0 Å². The van der Waals surface area contributed by atoms with Gasteiger partial charge >= 0.3 is 23.8 Å². The monoisotopic (exact) mass is 806 g/mol. The molecule has 0 unspecified atom stereocenters. The lowest BCUT2D eigenvalue weighted by atomic mass is 10.0. The lowest BCUT2D eigenvalue weighted by Gasteiger charge is -2.39. The minimum absolute atomic E-state index is 0.0127. The number of esters is 2. The van der Waals surface area contributed by atoms with Gasteiger partial charge in [-0.2, -0.15) is 0 Å². The van der Waals surface area contributed by atoms with Crippen molar-refractivity contribution in [3.05, 3.63) is 0 Å². The van der Waals surface area contributed by atoms with Crippen molar-refractivity contribution in [3.63, 3.8) is 0 Å². The molecule has 0 aliphatic heterocycles. The van der Waals surface area contributed by atoms with Crippen LogP contribution in [0.5, 0.6) is 0 Å². The third-order valence-corrected chi connectivity index (χ3v) is 10.8. The van der Waals surface area contributed by atoms with Crippen LogP contribution in [-0.4, -0.2) is 96.1 Å². The third kappa shape index (κ3) is 28.9. The highest BCUT2D eigenvalue weighted by atomic mass is 16.7. The third-order valence-electron chi connectivity index (χ3n) is 10.8. The molecule has 12 nitrogen and oxygen atoms in total. The zero-order chi connectivity index (χ0) is 42.0. The minimum Gasteiger partial charge on any atom is -0.462 e. The number of hydrogen-bond acceptors (Lipinski definition) is 12. The van der Waals surface area contributed by atoms with Gasteiger partial charge in [0, 0.05) is 25.9 Å². The van der Waals surface area contributed by atoms with Crippen LogP contribution in [0, 0.1) is 0 Å². The average molecular weight is 806 g/mol. The van der Waals surface area contributed by atoms with Crippen LogP contribution in [0.2, 0.25) is 0 Å². The number of aliphatic hydroxyl groups is 7. The molecule has 0 rings (SSSR count). The molecule has 0 aromatic heterocycles. The summed E-state index contributed by atoms with van der Waals surface area (Å²) in [5, 5.41) is 70.1. The Morgan fingerprint density at radius 2 is 0.893 bits per heavy atom. The maximum Gasteiger partial charge on any atom is 0.366 e. The maximum atomic E-state index is 12.7. The Kier molecular flexibility index (Phi) is 33.6. The first-order valence-corrected chi connectivity index (χ1v) is 22.9. The Hall–Kier alpha value is -1.38. The number of nitrogens with zero attached hydrogens (tertiary/aromatic N) is 1. The summed E-state index contributed by atoms with van der Waals surface area (Å²) in [6.07, 6.45) is 29.6. The van der Waals surface area contributed by atoms with Crippen LogP contribution in [0.15, 0.2) is 0 Å². The van der Waals surface area contributed by atoms with Crippen molar-refractivity contribution < 1.29 is 54.8 Å². The van der Waals surface area contributed by atoms with E-state index < -0.39 is 23.6 Å². The number of ether oxygens (including phenoxy) is 2. The minimum atomic E-state index is -3.83. The molecular weight excluding hydrogens is 718 g/mol. The van der Waals surface area contributed by atoms with Crippen molar-refractivity contribution >= 4 is 11.9 Å². The van der Waals surface area contributed by atoms with E-state index in [9.17, 15) is 45.3 Å². The Morgan fingerprint density at radius 1 is 0.500 bits per heavy atom. The Balaban J connectivity index is 4.57. The molecule has 0 atom stereocenters. The first-order chi connectivity index (χ1) is 26.7. The van der Waals surface area contributed by atoms with Crippen molar-refractivity contribution in [2.45, 2.75) is 250 Å². The molecule has 0 radical (unpaired) electrons. The van der Waals surface area contributed by atoms with Gasteiger partial charge in [0.1, 0.15) is 6.10 Å². The molecule has 56 heavy (non-hydrogen) atoms. The van der Waals surface area contributed by atoms with Crippen LogP contribution in [0.1, 0.15) is 226 Å². The molecule has 334 valence electrons. The number of unbranched alkanes of at least 4 members (excludes halogenated alkanes) is 23. The first-order valence-electron chi connectivity index (χ1n) is 22.9. The van der Waals surface area contributed by atoms with E-state index in [4.69, 9.17) is 9.47 Å². The molecule has 0 aromatic rings. The summed E-state index contributed by atoms with van der Waals surface area (Å²) >= 11 is 0. The van der Waals surface area contributed by atoms with Crippen molar-refractivity contribution in [3.8, 4) is 0 Å². The van der Waals surface area contributed by atoms with Crippen LogP contribution in [0.4, 0.5) is 0 Å². The highest BCUT2D eigenvalue weighted by molar-refractivity contribution is 5.77. The van der Waals surface area contributed by atoms with E-state index in [2.05, 4.69) is 20.8 Å². The molecule has 0 amide bonds. The molecule has 0 aliphatic rings. The Labute approximate surface area is 340 Å². The van der Waals surface area contributed by atoms with Gasteiger partial charge in [-0.3, -0.25) is 4.79 Å². The van der Waals surface area contributed by atoms with E-state index in [1.54, 1.807) is 0 Å². The second-order valence-electron chi connectivity index (χ2n) is 16.2. The van der Waals surface area contributed by atoms with E-state index in [0.717, 1.165) is 62.7 Å². The standard InChI is InChI=1S/C44H87NO11/c1-4-7-10-13-16-17-18-24-31-38-55-41(47)42(48,49)35-28-30-37-45(43(50,51)44(52,53)54)36-29-23-19-22-27-34-40(46)56-39(32-25-20-14-11-8-5-2)33-26-21-15-12-9-6-3/h39,48-54H,4-38H2,1-3H3. The summed E-state index contributed by atoms with van der Waals surface area (Å²) in [6.45, 7) is 6.55. The topological polar surface area (TPSA) is 197 Å². The second-order valence-corrected chi connectivity index (χ2v) is 16.2. The highest BCUT2D eigenvalue weighted by Gasteiger charge is 2.51. The van der Waals surface area contributed by atoms with E-state index in [0.29, 0.717) is 32.1 Å². The van der Waals surface area contributed by atoms with E-state index >= 15 is 0 Å². The molecule has 0 spiro atoms. The van der Waals surface area contributed by atoms with Crippen LogP contribution in [0.25, 0.3) is 0 Å². The normalized spacial score (nSPS) is 12.6. The Morgan fingerprint density at radius 3 is 1.36 bits per heavy atom. The van der Waals surface area contributed by atoms with E-state index in [-0.39, 0.29) is 51.0 Å². The fourth-order valence-electron chi connectivity index (χ4n) is 7.02. The number of carbonyl (C=O) groups excluding carboxylic acids is 2. The second kappa shape index (κ2) is 34.5. The summed E-state index contributed by atoms with van der Waals surface area (Å²) in [4.78, 5) is 25.9. The fourth-order valence-corrected chi connectivity index (χ4v) is 7.02. The fraction of sp³-hybridized carbons (Fsp3) is 0.955. The van der Waals surface area contributed by atoms with Crippen molar-refractivity contribution in [1.29, 1.82) is 0 Å². The zero-order valence-corrected chi connectivity index (χ0v) is 36.0. The molecular formula is C44H87NO11. The van der Waals surface area contributed by atoms with Crippen molar-refractivity contribution in [2.24, 2.45) is 0 Å². The van der Waals surface area contributed by atoms with E-state index in [1.807, 2.05) is 0 Å². The lowest BCUT2D eigenvalue weighted by molar-refractivity contribution is -0.486. The molecule has 0 bridgehead atoms. The predicted octanol–water partition coefficient (Wildman–Crippen LogP) is 8.24. The zero-order valence-electron chi connectivity index (χ0n) is 36.0. The summed E-state index contributed by atoms with van der Waals surface area (Å²) in [5.41, 5.74) is 0. The average Bonchev–Trinajstić information content (AvgIpc) is 3.14. The molecule has 0 aromatic carbocycles. The first kappa shape index (κ1) is 54.6. The highest BCUT2D eigenvalue weighted by Crippen LogP contribution is 2.23. The van der Waals surface area contributed by atoms with Crippen LogP contribution < -0.4 is 0 Å². The van der Waals surface area contributed by atoms with Gasteiger partial charge in [0.2, 0.25) is 0 Å². The summed E-state index contributed by atoms with van der Waals surface area (Å²) in [7, 11) is 0. The van der Waals surface area contributed by atoms with Crippen molar-refractivity contribution in [1.82, 2.24) is 4.90 Å². The summed E-state index contributed by atoms with van der Waals surface area (Å²) in [5.74, 6) is -11.2. The van der Waals surface area contributed by atoms with Gasteiger partial charge in [-0.25, -0.2) is 9.69 Å². The molecule has 0 fully saturated rings. The quantitative estimate of drug-likeness (QED) is 0.0178. The van der Waals surface area contributed by atoms with Gasteiger partial charge in [0.05, 0.1) is 6.61 Å². The Bertz CT molecular complexity index is 909. The number of carbonyl (C=O) groups is 2. The molecule has 0 saturated heterocycles. The molecule has 0 saturated carbocycles. The maximum absolute atomic E-state index is 12.7. The van der Waals surface area contributed by atoms with E-state index in [1.165, 1.54) is 96.3 Å².